The molecule has 0 atom stereocenters. The minimum absolute atomic E-state index is 0.298. The summed E-state index contributed by atoms with van der Waals surface area (Å²) in [6.45, 7) is 0. The molecule has 4 aromatic rings. The van der Waals surface area contributed by atoms with E-state index in [0.29, 0.717) is 11.1 Å². The van der Waals surface area contributed by atoms with Crippen LogP contribution < -0.4 is 5.63 Å². The van der Waals surface area contributed by atoms with E-state index in [4.69, 9.17) is 4.42 Å². The molecule has 0 saturated heterocycles. The van der Waals surface area contributed by atoms with Gasteiger partial charge in [0.2, 0.25) is 0 Å². The van der Waals surface area contributed by atoms with Crippen LogP contribution in [0, 0.1) is 0 Å². The first-order valence-electron chi connectivity index (χ1n) is 6.82. The molecule has 0 aliphatic rings. The largest absolute Gasteiger partial charge is 0.421 e. The van der Waals surface area contributed by atoms with Crippen molar-refractivity contribution in [1.82, 2.24) is 4.57 Å². The first-order chi connectivity index (χ1) is 10.2. The summed E-state index contributed by atoms with van der Waals surface area (Å²) in [5, 5.41) is 2.64. The second-order valence-corrected chi connectivity index (χ2v) is 5.13. The van der Waals surface area contributed by atoms with Gasteiger partial charge < -0.3 is 8.98 Å². The predicted molar refractivity (Wildman–Crippen MR) is 84.4 cm³/mol. The Morgan fingerprint density at radius 1 is 0.905 bits per heavy atom. The van der Waals surface area contributed by atoms with Gasteiger partial charge in [-0.25, -0.2) is 4.79 Å². The van der Waals surface area contributed by atoms with Gasteiger partial charge in [-0.2, -0.15) is 0 Å². The van der Waals surface area contributed by atoms with Gasteiger partial charge in [0.1, 0.15) is 0 Å². The first kappa shape index (κ1) is 12.0. The molecule has 0 radical (unpaired) electrons. The van der Waals surface area contributed by atoms with Gasteiger partial charge in [-0.3, -0.25) is 0 Å². The zero-order valence-electron chi connectivity index (χ0n) is 11.5. The molecule has 4 rings (SSSR count). The first-order valence-corrected chi connectivity index (χ1v) is 6.82. The van der Waals surface area contributed by atoms with Gasteiger partial charge in [-0.05, 0) is 29.7 Å². The van der Waals surface area contributed by atoms with E-state index < -0.39 is 0 Å². The van der Waals surface area contributed by atoms with Crippen LogP contribution in [0.4, 0.5) is 0 Å². The van der Waals surface area contributed by atoms with E-state index >= 15 is 0 Å². The standard InChI is InChI=1S/C18H13NO2/c1-19-15-9-5-3-7-13(15)10-16(19)17-11-12-6-2-4-8-14(12)18(20)21-17/h2-11H,1H3. The monoisotopic (exact) mass is 275 g/mol. The quantitative estimate of drug-likeness (QED) is 0.527. The third-order valence-electron chi connectivity index (χ3n) is 3.87. The van der Waals surface area contributed by atoms with Crippen LogP contribution in [0.2, 0.25) is 0 Å². The van der Waals surface area contributed by atoms with Gasteiger partial charge in [0, 0.05) is 18.0 Å². The Morgan fingerprint density at radius 2 is 1.62 bits per heavy atom. The van der Waals surface area contributed by atoms with Gasteiger partial charge >= 0.3 is 5.63 Å². The van der Waals surface area contributed by atoms with Gasteiger partial charge in [0.05, 0.1) is 11.1 Å². The van der Waals surface area contributed by atoms with Crippen LogP contribution in [-0.2, 0) is 7.05 Å². The lowest BCUT2D eigenvalue weighted by atomic mass is 10.1. The van der Waals surface area contributed by atoms with Crippen molar-refractivity contribution >= 4 is 21.7 Å². The number of hydrogen-bond donors (Lipinski definition) is 0. The number of nitrogens with zero attached hydrogens (tertiary/aromatic N) is 1. The lowest BCUT2D eigenvalue weighted by Crippen LogP contribution is -2.01. The van der Waals surface area contributed by atoms with E-state index in [1.807, 2.05) is 54.1 Å². The average Bonchev–Trinajstić information content (AvgIpc) is 2.85. The lowest BCUT2D eigenvalue weighted by molar-refractivity contribution is 0.530. The second kappa shape index (κ2) is 4.35. The summed E-state index contributed by atoms with van der Waals surface area (Å²) in [7, 11) is 1.98. The van der Waals surface area contributed by atoms with Crippen molar-refractivity contribution in [1.29, 1.82) is 0 Å². The van der Waals surface area contributed by atoms with Crippen molar-refractivity contribution in [2.45, 2.75) is 0 Å². The Balaban J connectivity index is 2.04. The number of aryl methyl sites for hydroxylation is 1. The van der Waals surface area contributed by atoms with Crippen molar-refractivity contribution in [3.63, 3.8) is 0 Å². The second-order valence-electron chi connectivity index (χ2n) is 5.13. The summed E-state index contributed by atoms with van der Waals surface area (Å²) >= 11 is 0. The van der Waals surface area contributed by atoms with Crippen LogP contribution in [0.5, 0.6) is 0 Å². The SMILES string of the molecule is Cn1c(-c2cc3ccccc3c(=O)o2)cc2ccccc21. The Bertz CT molecular complexity index is 1020. The molecular weight excluding hydrogens is 262 g/mol. The highest BCUT2D eigenvalue weighted by molar-refractivity contribution is 5.88. The zero-order chi connectivity index (χ0) is 14.4. The number of para-hydroxylation sites is 1. The third-order valence-corrected chi connectivity index (χ3v) is 3.87. The topological polar surface area (TPSA) is 35.1 Å². The maximum absolute atomic E-state index is 12.1. The highest BCUT2D eigenvalue weighted by Gasteiger charge is 2.11. The smallest absolute Gasteiger partial charge is 0.344 e. The van der Waals surface area contributed by atoms with Crippen LogP contribution in [-0.4, -0.2) is 4.57 Å². The molecular formula is C18H13NO2. The molecule has 0 aliphatic carbocycles. The van der Waals surface area contributed by atoms with E-state index in [9.17, 15) is 4.79 Å². The van der Waals surface area contributed by atoms with Crippen molar-refractivity contribution in [3.8, 4) is 11.5 Å². The van der Waals surface area contributed by atoms with Crippen LogP contribution in [0.25, 0.3) is 33.1 Å². The molecule has 2 aromatic carbocycles. The fraction of sp³-hybridized carbons (Fsp3) is 0.0556. The molecule has 0 amide bonds. The van der Waals surface area contributed by atoms with Gasteiger partial charge in [0.15, 0.2) is 5.76 Å². The van der Waals surface area contributed by atoms with Crippen molar-refractivity contribution < 1.29 is 4.42 Å². The predicted octanol–water partition coefficient (Wildman–Crippen LogP) is 3.95. The summed E-state index contributed by atoms with van der Waals surface area (Å²) in [4.78, 5) is 12.1. The lowest BCUT2D eigenvalue weighted by Gasteiger charge is -2.04. The number of hydrogen-bond acceptors (Lipinski definition) is 2. The number of benzene rings is 2. The van der Waals surface area contributed by atoms with Crippen LogP contribution in [0.15, 0.2) is 69.9 Å². The summed E-state index contributed by atoms with van der Waals surface area (Å²) in [6.07, 6.45) is 0. The van der Waals surface area contributed by atoms with E-state index in [0.717, 1.165) is 22.0 Å². The Hall–Kier alpha value is -2.81. The Kier molecular flexibility index (Phi) is 2.48. The number of aromatic nitrogens is 1. The fourth-order valence-corrected chi connectivity index (χ4v) is 2.79. The maximum atomic E-state index is 12.1. The molecule has 0 aliphatic heterocycles. The molecule has 3 nitrogen and oxygen atoms in total. The maximum Gasteiger partial charge on any atom is 0.344 e. The summed E-state index contributed by atoms with van der Waals surface area (Å²) < 4.78 is 7.55. The molecule has 0 fully saturated rings. The van der Waals surface area contributed by atoms with Crippen LogP contribution >= 0.6 is 0 Å². The van der Waals surface area contributed by atoms with Crippen LogP contribution in [0.1, 0.15) is 0 Å². The fourth-order valence-electron chi connectivity index (χ4n) is 2.79. The zero-order valence-corrected chi connectivity index (χ0v) is 11.5. The van der Waals surface area contributed by atoms with Gasteiger partial charge in [-0.1, -0.05) is 36.4 Å². The highest BCUT2D eigenvalue weighted by atomic mass is 16.4. The highest BCUT2D eigenvalue weighted by Crippen LogP contribution is 2.28. The molecule has 0 N–H and O–H groups in total. The van der Waals surface area contributed by atoms with E-state index in [2.05, 4.69) is 12.1 Å². The average molecular weight is 275 g/mol. The van der Waals surface area contributed by atoms with E-state index in [1.54, 1.807) is 6.07 Å². The molecule has 2 aromatic heterocycles. The molecule has 0 spiro atoms. The molecule has 3 heteroatoms. The Labute approximate surface area is 121 Å². The van der Waals surface area contributed by atoms with E-state index in [1.165, 1.54) is 0 Å². The number of fused-ring (bicyclic) bond motifs is 2. The summed E-state index contributed by atoms with van der Waals surface area (Å²) in [5.74, 6) is 0.595. The van der Waals surface area contributed by atoms with Crippen LogP contribution in [0.3, 0.4) is 0 Å². The molecule has 0 saturated carbocycles. The number of rotatable bonds is 1. The van der Waals surface area contributed by atoms with Gasteiger partial charge in [-0.15, -0.1) is 0 Å². The van der Waals surface area contributed by atoms with Crippen molar-refractivity contribution in [2.75, 3.05) is 0 Å². The molecule has 0 bridgehead atoms. The minimum Gasteiger partial charge on any atom is -0.421 e. The summed E-state index contributed by atoms with van der Waals surface area (Å²) in [5.41, 5.74) is 1.72. The Morgan fingerprint density at radius 3 is 2.43 bits per heavy atom. The molecule has 0 unspecified atom stereocenters. The molecule has 2 heterocycles. The third kappa shape index (κ3) is 1.78. The van der Waals surface area contributed by atoms with Crippen molar-refractivity contribution in [3.05, 3.63) is 71.1 Å². The molecule has 21 heavy (non-hydrogen) atoms. The van der Waals surface area contributed by atoms with E-state index in [-0.39, 0.29) is 5.63 Å². The molecule has 102 valence electrons. The normalized spacial score (nSPS) is 11.3. The minimum atomic E-state index is -0.298. The van der Waals surface area contributed by atoms with Gasteiger partial charge in [0.25, 0.3) is 0 Å². The summed E-state index contributed by atoms with van der Waals surface area (Å²) in [6, 6.07) is 19.6. The van der Waals surface area contributed by atoms with Crippen molar-refractivity contribution in [2.24, 2.45) is 7.05 Å².